The summed E-state index contributed by atoms with van der Waals surface area (Å²) in [6.07, 6.45) is 5.06. The zero-order valence-corrected chi connectivity index (χ0v) is 11.2. The topological polar surface area (TPSA) is 50.7 Å². The summed E-state index contributed by atoms with van der Waals surface area (Å²) in [5.74, 6) is 0.371. The van der Waals surface area contributed by atoms with Gasteiger partial charge in [0, 0.05) is 6.21 Å². The van der Waals surface area contributed by atoms with Gasteiger partial charge in [-0.25, -0.2) is 5.43 Å². The van der Waals surface area contributed by atoms with Crippen molar-refractivity contribution in [2.45, 2.75) is 6.92 Å². The van der Waals surface area contributed by atoms with Gasteiger partial charge in [0.2, 0.25) is 0 Å². The van der Waals surface area contributed by atoms with Crippen molar-refractivity contribution in [3.63, 3.8) is 0 Å². The van der Waals surface area contributed by atoms with Crippen LogP contribution >= 0.6 is 0 Å². The number of nitrogens with zero attached hydrogens (tertiary/aromatic N) is 1. The highest BCUT2D eigenvalue weighted by Gasteiger charge is 2.02. The predicted molar refractivity (Wildman–Crippen MR) is 80.9 cm³/mol. The number of carbonyl (C=O) groups is 1. The van der Waals surface area contributed by atoms with E-state index in [-0.39, 0.29) is 12.5 Å². The first-order valence-corrected chi connectivity index (χ1v) is 6.34. The summed E-state index contributed by atoms with van der Waals surface area (Å²) in [7, 11) is 0. The second-order valence-electron chi connectivity index (χ2n) is 4.14. The molecule has 0 unspecified atom stereocenters. The number of rotatable bonds is 5. The minimum absolute atomic E-state index is 0.0640. The van der Waals surface area contributed by atoms with Crippen LogP contribution < -0.4 is 10.2 Å². The van der Waals surface area contributed by atoms with Crippen LogP contribution in [0.3, 0.4) is 0 Å². The molecule has 0 atom stereocenters. The third-order valence-electron chi connectivity index (χ3n) is 2.63. The maximum absolute atomic E-state index is 11.5. The van der Waals surface area contributed by atoms with E-state index >= 15 is 0 Å². The first-order valence-electron chi connectivity index (χ1n) is 6.34. The van der Waals surface area contributed by atoms with Crippen molar-refractivity contribution in [2.75, 3.05) is 6.61 Å². The third-order valence-corrected chi connectivity index (χ3v) is 2.63. The van der Waals surface area contributed by atoms with Gasteiger partial charge in [-0.05, 0) is 35.9 Å². The Bertz CT molecular complexity index is 648. The Morgan fingerprint density at radius 2 is 2.05 bits per heavy atom. The summed E-state index contributed by atoms with van der Waals surface area (Å²) in [6.45, 7) is 1.81. The molecule has 0 heterocycles. The Hall–Kier alpha value is -2.62. The van der Waals surface area contributed by atoms with E-state index in [0.717, 1.165) is 10.8 Å². The van der Waals surface area contributed by atoms with Gasteiger partial charge in [0.15, 0.2) is 6.61 Å². The molecular weight excluding hydrogens is 252 g/mol. The van der Waals surface area contributed by atoms with Crippen LogP contribution in [-0.2, 0) is 4.79 Å². The summed E-state index contributed by atoms with van der Waals surface area (Å²) in [4.78, 5) is 11.5. The fourth-order valence-corrected chi connectivity index (χ4v) is 1.68. The molecule has 102 valence electrons. The molecule has 2 aromatic carbocycles. The molecule has 2 rings (SSSR count). The average molecular weight is 268 g/mol. The van der Waals surface area contributed by atoms with Crippen LogP contribution in [0.4, 0.5) is 0 Å². The fraction of sp³-hybridized carbons (Fsp3) is 0.125. The van der Waals surface area contributed by atoms with Gasteiger partial charge < -0.3 is 4.74 Å². The number of amides is 1. The molecule has 4 heteroatoms. The van der Waals surface area contributed by atoms with Crippen molar-refractivity contribution in [3.8, 4) is 5.75 Å². The molecule has 0 bridgehead atoms. The van der Waals surface area contributed by atoms with E-state index in [4.69, 9.17) is 4.74 Å². The van der Waals surface area contributed by atoms with E-state index < -0.39 is 0 Å². The highest BCUT2D eigenvalue weighted by molar-refractivity contribution is 5.84. The molecule has 4 nitrogen and oxygen atoms in total. The van der Waals surface area contributed by atoms with Crippen LogP contribution in [0.15, 0.2) is 59.7 Å². The van der Waals surface area contributed by atoms with Crippen molar-refractivity contribution in [1.29, 1.82) is 0 Å². The molecule has 20 heavy (non-hydrogen) atoms. The molecule has 0 aliphatic rings. The fourth-order valence-electron chi connectivity index (χ4n) is 1.68. The summed E-state index contributed by atoms with van der Waals surface area (Å²) < 4.78 is 5.43. The zero-order valence-electron chi connectivity index (χ0n) is 11.2. The van der Waals surface area contributed by atoms with Crippen LogP contribution in [0.2, 0.25) is 0 Å². The van der Waals surface area contributed by atoms with E-state index in [0.29, 0.717) is 5.75 Å². The molecule has 0 saturated carbocycles. The number of ether oxygens (including phenoxy) is 1. The minimum atomic E-state index is -0.293. The molecule has 0 fully saturated rings. The van der Waals surface area contributed by atoms with Gasteiger partial charge in [-0.15, -0.1) is 0 Å². The van der Waals surface area contributed by atoms with Crippen LogP contribution in [0, 0.1) is 0 Å². The van der Waals surface area contributed by atoms with Crippen LogP contribution in [0.5, 0.6) is 5.75 Å². The van der Waals surface area contributed by atoms with E-state index in [2.05, 4.69) is 10.5 Å². The van der Waals surface area contributed by atoms with Gasteiger partial charge in [-0.2, -0.15) is 5.10 Å². The van der Waals surface area contributed by atoms with Crippen molar-refractivity contribution in [3.05, 3.63) is 54.6 Å². The number of fused-ring (bicyclic) bond motifs is 1. The van der Waals surface area contributed by atoms with E-state index in [9.17, 15) is 4.79 Å². The second-order valence-corrected chi connectivity index (χ2v) is 4.14. The lowest BCUT2D eigenvalue weighted by atomic mass is 10.1. The first-order chi connectivity index (χ1) is 9.79. The smallest absolute Gasteiger partial charge is 0.277 e. The van der Waals surface area contributed by atoms with Gasteiger partial charge in [-0.1, -0.05) is 36.4 Å². The van der Waals surface area contributed by atoms with Gasteiger partial charge in [0.1, 0.15) is 5.75 Å². The summed E-state index contributed by atoms with van der Waals surface area (Å²) >= 11 is 0. The Morgan fingerprint density at radius 1 is 1.25 bits per heavy atom. The lowest BCUT2D eigenvalue weighted by molar-refractivity contribution is -0.123. The maximum atomic E-state index is 11.5. The Kier molecular flexibility index (Phi) is 4.89. The van der Waals surface area contributed by atoms with Gasteiger partial charge in [0.05, 0.1) is 0 Å². The Morgan fingerprint density at radius 3 is 2.85 bits per heavy atom. The number of benzene rings is 2. The van der Waals surface area contributed by atoms with Gasteiger partial charge in [-0.3, -0.25) is 4.79 Å². The summed E-state index contributed by atoms with van der Waals surface area (Å²) in [5, 5.41) is 5.95. The molecule has 0 aromatic heterocycles. The monoisotopic (exact) mass is 268 g/mol. The van der Waals surface area contributed by atoms with Crippen molar-refractivity contribution >= 4 is 22.9 Å². The molecule has 0 aliphatic carbocycles. The number of allylic oxidation sites excluding steroid dienone is 2. The molecular formula is C16H16N2O2. The van der Waals surface area contributed by atoms with Crippen molar-refractivity contribution in [2.24, 2.45) is 5.10 Å². The van der Waals surface area contributed by atoms with Gasteiger partial charge in [0.25, 0.3) is 5.91 Å². The number of hydrazone groups is 1. The van der Waals surface area contributed by atoms with Crippen LogP contribution in [0.25, 0.3) is 10.8 Å². The van der Waals surface area contributed by atoms with E-state index in [1.807, 2.05) is 55.5 Å². The molecule has 0 aliphatic heterocycles. The first kappa shape index (κ1) is 13.8. The van der Waals surface area contributed by atoms with E-state index in [1.54, 1.807) is 6.08 Å². The molecule has 2 aromatic rings. The normalized spacial score (nSPS) is 11.2. The lowest BCUT2D eigenvalue weighted by Gasteiger charge is -2.06. The Balaban J connectivity index is 1.90. The van der Waals surface area contributed by atoms with Gasteiger partial charge >= 0.3 is 0 Å². The van der Waals surface area contributed by atoms with Crippen molar-refractivity contribution in [1.82, 2.24) is 5.43 Å². The molecule has 0 saturated heterocycles. The number of hydrogen-bond donors (Lipinski definition) is 1. The number of hydrogen-bond acceptors (Lipinski definition) is 3. The standard InChI is InChI=1S/C16H16N2O2/c1-2-3-10-17-18-16(19)12-20-15-9-8-13-6-4-5-7-14(13)11-15/h2-11H,12H2,1H3,(H,18,19). The number of nitrogens with one attached hydrogen (secondary N) is 1. The molecule has 0 spiro atoms. The highest BCUT2D eigenvalue weighted by atomic mass is 16.5. The predicted octanol–water partition coefficient (Wildman–Crippen LogP) is 2.90. The maximum Gasteiger partial charge on any atom is 0.277 e. The SMILES string of the molecule is CC=CC=NNC(=O)COc1ccc2ccccc2c1. The van der Waals surface area contributed by atoms with Crippen molar-refractivity contribution < 1.29 is 9.53 Å². The second kappa shape index (κ2) is 7.09. The molecule has 1 N–H and O–H groups in total. The number of carbonyl (C=O) groups excluding carboxylic acids is 1. The van der Waals surface area contributed by atoms with Crippen LogP contribution in [0.1, 0.15) is 6.92 Å². The zero-order chi connectivity index (χ0) is 14.2. The highest BCUT2D eigenvalue weighted by Crippen LogP contribution is 2.20. The third kappa shape index (κ3) is 3.95. The molecule has 1 amide bonds. The quantitative estimate of drug-likeness (QED) is 0.669. The molecule has 0 radical (unpaired) electrons. The lowest BCUT2D eigenvalue weighted by Crippen LogP contribution is -2.24. The minimum Gasteiger partial charge on any atom is -0.484 e. The summed E-state index contributed by atoms with van der Waals surface area (Å²) in [6, 6.07) is 13.7. The average Bonchev–Trinajstić information content (AvgIpc) is 2.49. The largest absolute Gasteiger partial charge is 0.484 e. The van der Waals surface area contributed by atoms with Crippen LogP contribution in [-0.4, -0.2) is 18.7 Å². The van der Waals surface area contributed by atoms with E-state index in [1.165, 1.54) is 6.21 Å². The summed E-state index contributed by atoms with van der Waals surface area (Å²) in [5.41, 5.74) is 2.38. The Labute approximate surface area is 117 Å².